The minimum Gasteiger partial charge on any atom is -0.486 e. The molecular formula is C23H28ClN3O5S2. The Labute approximate surface area is 209 Å². The second-order valence-corrected chi connectivity index (χ2v) is 10.7. The molecule has 4 rings (SSSR count). The van der Waals surface area contributed by atoms with Crippen LogP contribution in [0.25, 0.3) is 10.2 Å². The molecule has 34 heavy (non-hydrogen) atoms. The standard InChI is InChI=1S/C23H27N3O5S2.ClH/c1-4-25(5-2)11-12-26(22(27)16-9-10-17-18(15-16)31-14-13-30-17)23-24-21-19(32-23)7-6-8-20(21)33(3,28)29;/h6-10,15H,4-5,11-14H2,1-3H3;1H. The minimum absolute atomic E-state index is 0. The Kier molecular flexibility index (Phi) is 8.40. The third-order valence-corrected chi connectivity index (χ3v) is 7.74. The van der Waals surface area contributed by atoms with Gasteiger partial charge in [-0.15, -0.1) is 12.4 Å². The van der Waals surface area contributed by atoms with E-state index in [0.29, 0.717) is 54.0 Å². The van der Waals surface area contributed by atoms with Crippen molar-refractivity contribution in [2.24, 2.45) is 0 Å². The number of anilines is 1. The van der Waals surface area contributed by atoms with Gasteiger partial charge in [-0.05, 0) is 43.4 Å². The van der Waals surface area contributed by atoms with Gasteiger partial charge in [0.1, 0.15) is 18.7 Å². The lowest BCUT2D eigenvalue weighted by Crippen LogP contribution is -2.39. The van der Waals surface area contributed by atoms with Crippen LogP contribution in [0.5, 0.6) is 11.5 Å². The maximum atomic E-state index is 13.6. The van der Waals surface area contributed by atoms with E-state index in [0.717, 1.165) is 17.8 Å². The molecule has 1 amide bonds. The second-order valence-electron chi connectivity index (χ2n) is 7.71. The van der Waals surface area contributed by atoms with Crippen molar-refractivity contribution in [3.8, 4) is 11.5 Å². The van der Waals surface area contributed by atoms with Gasteiger partial charge in [-0.1, -0.05) is 31.3 Å². The summed E-state index contributed by atoms with van der Waals surface area (Å²) >= 11 is 1.31. The van der Waals surface area contributed by atoms with Crippen molar-refractivity contribution in [1.29, 1.82) is 0 Å². The van der Waals surface area contributed by atoms with Gasteiger partial charge in [0.15, 0.2) is 26.5 Å². The number of benzene rings is 2. The molecule has 2 aromatic carbocycles. The fourth-order valence-electron chi connectivity index (χ4n) is 3.72. The van der Waals surface area contributed by atoms with Crippen LogP contribution in [0.15, 0.2) is 41.3 Å². The predicted molar refractivity (Wildman–Crippen MR) is 137 cm³/mol. The van der Waals surface area contributed by atoms with Crippen LogP contribution in [0, 0.1) is 0 Å². The van der Waals surface area contributed by atoms with Crippen molar-refractivity contribution in [3.63, 3.8) is 0 Å². The van der Waals surface area contributed by atoms with Gasteiger partial charge >= 0.3 is 0 Å². The highest BCUT2D eigenvalue weighted by Gasteiger charge is 2.25. The van der Waals surface area contributed by atoms with Crippen LogP contribution in [0.1, 0.15) is 24.2 Å². The number of aromatic nitrogens is 1. The minimum atomic E-state index is -3.46. The normalized spacial score (nSPS) is 13.1. The number of sulfone groups is 1. The van der Waals surface area contributed by atoms with Crippen molar-refractivity contribution in [2.75, 3.05) is 50.5 Å². The van der Waals surface area contributed by atoms with E-state index >= 15 is 0 Å². The first-order valence-corrected chi connectivity index (χ1v) is 13.6. The van der Waals surface area contributed by atoms with Gasteiger partial charge in [0, 0.05) is 24.9 Å². The first-order chi connectivity index (χ1) is 15.8. The highest BCUT2D eigenvalue weighted by Crippen LogP contribution is 2.35. The Morgan fingerprint density at radius 3 is 2.44 bits per heavy atom. The summed E-state index contributed by atoms with van der Waals surface area (Å²) in [5.74, 6) is 0.934. The zero-order valence-electron chi connectivity index (χ0n) is 19.3. The molecule has 2 heterocycles. The molecule has 0 atom stereocenters. The number of ether oxygens (including phenoxy) is 2. The SMILES string of the molecule is CCN(CC)CCN(C(=O)c1ccc2c(c1)OCCO2)c1nc2c(S(C)(=O)=O)cccc2s1.Cl. The number of nitrogens with zero attached hydrogens (tertiary/aromatic N) is 3. The number of para-hydroxylation sites is 1. The van der Waals surface area contributed by atoms with Gasteiger partial charge in [0.25, 0.3) is 5.91 Å². The molecule has 0 spiro atoms. The second kappa shape index (κ2) is 10.9. The van der Waals surface area contributed by atoms with Crippen molar-refractivity contribution in [2.45, 2.75) is 18.7 Å². The molecule has 8 nitrogen and oxygen atoms in total. The molecule has 0 N–H and O–H groups in total. The Morgan fingerprint density at radius 1 is 1.06 bits per heavy atom. The first-order valence-electron chi connectivity index (χ1n) is 10.8. The summed E-state index contributed by atoms with van der Waals surface area (Å²) in [6.07, 6.45) is 1.17. The molecule has 0 bridgehead atoms. The highest BCUT2D eigenvalue weighted by atomic mass is 35.5. The topological polar surface area (TPSA) is 89.0 Å². The zero-order valence-corrected chi connectivity index (χ0v) is 21.8. The number of amides is 1. The van der Waals surface area contributed by atoms with Crippen molar-refractivity contribution < 1.29 is 22.7 Å². The highest BCUT2D eigenvalue weighted by molar-refractivity contribution is 7.91. The Hall–Kier alpha value is -2.40. The first kappa shape index (κ1) is 26.2. The van der Waals surface area contributed by atoms with Crippen molar-refractivity contribution in [1.82, 2.24) is 9.88 Å². The van der Waals surface area contributed by atoms with Crippen LogP contribution >= 0.6 is 23.7 Å². The monoisotopic (exact) mass is 525 g/mol. The molecule has 184 valence electrons. The van der Waals surface area contributed by atoms with E-state index in [9.17, 15) is 13.2 Å². The van der Waals surface area contributed by atoms with Gasteiger partial charge in [-0.2, -0.15) is 0 Å². The van der Waals surface area contributed by atoms with Crippen LogP contribution < -0.4 is 14.4 Å². The molecule has 0 aliphatic carbocycles. The average molecular weight is 526 g/mol. The number of likely N-dealkylation sites (N-methyl/N-ethyl adjacent to an activating group) is 1. The van der Waals surface area contributed by atoms with Crippen LogP contribution in [0.4, 0.5) is 5.13 Å². The predicted octanol–water partition coefficient (Wildman–Crippen LogP) is 3.88. The number of carbonyl (C=O) groups is 1. The molecule has 11 heteroatoms. The summed E-state index contributed by atoms with van der Waals surface area (Å²) in [5, 5.41) is 0.466. The van der Waals surface area contributed by atoms with Crippen molar-refractivity contribution >= 4 is 54.8 Å². The maximum Gasteiger partial charge on any atom is 0.260 e. The number of hydrogen-bond donors (Lipinski definition) is 0. The number of thiazole rings is 1. The van der Waals surface area contributed by atoms with Gasteiger partial charge in [-0.25, -0.2) is 13.4 Å². The lowest BCUT2D eigenvalue weighted by atomic mass is 10.1. The van der Waals surface area contributed by atoms with E-state index in [1.165, 1.54) is 17.6 Å². The van der Waals surface area contributed by atoms with Crippen LogP contribution in [-0.2, 0) is 9.84 Å². The zero-order chi connectivity index (χ0) is 23.6. The van der Waals surface area contributed by atoms with Gasteiger partial charge in [0.05, 0.1) is 9.60 Å². The van der Waals surface area contributed by atoms with E-state index in [4.69, 9.17) is 9.47 Å². The lowest BCUT2D eigenvalue weighted by Gasteiger charge is -2.25. The van der Waals surface area contributed by atoms with Gasteiger partial charge in [-0.3, -0.25) is 9.69 Å². The van der Waals surface area contributed by atoms with Gasteiger partial charge < -0.3 is 14.4 Å². The average Bonchev–Trinajstić information content (AvgIpc) is 3.24. The quantitative estimate of drug-likeness (QED) is 0.441. The summed E-state index contributed by atoms with van der Waals surface area (Å²) < 4.78 is 36.5. The van der Waals surface area contributed by atoms with Crippen LogP contribution in [-0.4, -0.2) is 69.9 Å². The molecule has 0 fully saturated rings. The molecule has 0 unspecified atom stereocenters. The Bertz CT molecular complexity index is 1270. The van der Waals surface area contributed by atoms with E-state index in [-0.39, 0.29) is 23.2 Å². The van der Waals surface area contributed by atoms with E-state index in [1.807, 2.05) is 6.07 Å². The number of rotatable bonds is 8. The maximum absolute atomic E-state index is 13.6. The summed E-state index contributed by atoms with van der Waals surface area (Å²) in [6.45, 7) is 7.87. The molecule has 1 aliphatic rings. The third kappa shape index (κ3) is 5.46. The fraction of sp³-hybridized carbons (Fsp3) is 0.391. The number of carbonyl (C=O) groups excluding carboxylic acids is 1. The molecule has 0 saturated carbocycles. The van der Waals surface area contributed by atoms with E-state index in [1.54, 1.807) is 35.2 Å². The number of fused-ring (bicyclic) bond motifs is 2. The largest absolute Gasteiger partial charge is 0.486 e. The number of halogens is 1. The lowest BCUT2D eigenvalue weighted by molar-refractivity contribution is 0.0982. The van der Waals surface area contributed by atoms with Crippen molar-refractivity contribution in [3.05, 3.63) is 42.0 Å². The molecule has 3 aromatic rings. The van der Waals surface area contributed by atoms with E-state index in [2.05, 4.69) is 23.7 Å². The molecule has 0 radical (unpaired) electrons. The van der Waals surface area contributed by atoms with Gasteiger partial charge in [0.2, 0.25) is 0 Å². The molecule has 0 saturated heterocycles. The Balaban J connectivity index is 0.00000324. The van der Waals surface area contributed by atoms with Crippen LogP contribution in [0.2, 0.25) is 0 Å². The molecule has 1 aromatic heterocycles. The molecule has 1 aliphatic heterocycles. The fourth-order valence-corrected chi connectivity index (χ4v) is 5.64. The summed E-state index contributed by atoms with van der Waals surface area (Å²) in [6, 6.07) is 10.2. The summed E-state index contributed by atoms with van der Waals surface area (Å²) in [5.41, 5.74) is 0.851. The third-order valence-electron chi connectivity index (χ3n) is 5.57. The molecular weight excluding hydrogens is 498 g/mol. The smallest absolute Gasteiger partial charge is 0.260 e. The number of hydrogen-bond acceptors (Lipinski definition) is 8. The van der Waals surface area contributed by atoms with E-state index < -0.39 is 9.84 Å². The summed E-state index contributed by atoms with van der Waals surface area (Å²) in [4.78, 5) is 22.3. The summed E-state index contributed by atoms with van der Waals surface area (Å²) in [7, 11) is -3.46. The van der Waals surface area contributed by atoms with Crippen LogP contribution in [0.3, 0.4) is 0 Å². The Morgan fingerprint density at radius 2 is 1.76 bits per heavy atom.